The van der Waals surface area contributed by atoms with Crippen molar-refractivity contribution in [3.8, 4) is 0 Å². The van der Waals surface area contributed by atoms with E-state index in [4.69, 9.17) is 0 Å². The highest BCUT2D eigenvalue weighted by atomic mass is 15.2. The molecule has 2 heterocycles. The van der Waals surface area contributed by atoms with E-state index >= 15 is 0 Å². The molecule has 1 aromatic heterocycles. The molecule has 0 amide bonds. The first kappa shape index (κ1) is 10.8. The molecule has 0 saturated carbocycles. The van der Waals surface area contributed by atoms with Gasteiger partial charge in [-0.25, -0.2) is 0 Å². The van der Waals surface area contributed by atoms with Gasteiger partial charge < -0.3 is 4.90 Å². The number of aromatic nitrogens is 1. The van der Waals surface area contributed by atoms with Crippen molar-refractivity contribution in [3.05, 3.63) is 59.2 Å². The standard InChI is InChI=1S/C17H16N2/c1-2-5-14(6-3-1)19-12-10-13-8-9-16-15(17(13)19)7-4-11-18-16/h1-7,9,11,13H,8,10,12H2. The van der Waals surface area contributed by atoms with Gasteiger partial charge in [-0.1, -0.05) is 24.3 Å². The van der Waals surface area contributed by atoms with E-state index in [0.29, 0.717) is 5.92 Å². The molecule has 0 N–H and O–H groups in total. The van der Waals surface area contributed by atoms with Crippen molar-refractivity contribution in [2.45, 2.75) is 12.8 Å². The molecule has 1 unspecified atom stereocenters. The van der Waals surface area contributed by atoms with Gasteiger partial charge in [-0.2, -0.15) is 0 Å². The summed E-state index contributed by atoms with van der Waals surface area (Å²) in [4.78, 5) is 6.98. The van der Waals surface area contributed by atoms with E-state index in [1.54, 1.807) is 0 Å². The van der Waals surface area contributed by atoms with Crippen LogP contribution >= 0.6 is 0 Å². The van der Waals surface area contributed by atoms with Crippen molar-refractivity contribution < 1.29 is 0 Å². The first-order valence-electron chi connectivity index (χ1n) is 6.91. The minimum absolute atomic E-state index is 0.664. The summed E-state index contributed by atoms with van der Waals surface area (Å²) >= 11 is 0. The van der Waals surface area contributed by atoms with Gasteiger partial charge in [0.25, 0.3) is 0 Å². The van der Waals surface area contributed by atoms with Crippen LogP contribution in [0.5, 0.6) is 0 Å². The Morgan fingerprint density at radius 3 is 2.84 bits per heavy atom. The molecule has 4 rings (SSSR count). The Kier molecular flexibility index (Phi) is 2.41. The van der Waals surface area contributed by atoms with Gasteiger partial charge in [-0.15, -0.1) is 0 Å². The lowest BCUT2D eigenvalue weighted by Gasteiger charge is -2.24. The molecule has 2 aromatic rings. The number of anilines is 1. The Balaban J connectivity index is 1.96. The normalized spacial score (nSPS) is 20.7. The van der Waals surface area contributed by atoms with Crippen molar-refractivity contribution >= 4 is 17.5 Å². The first-order valence-corrected chi connectivity index (χ1v) is 6.91. The van der Waals surface area contributed by atoms with Gasteiger partial charge >= 0.3 is 0 Å². The molecule has 2 aliphatic rings. The number of hydrogen-bond donors (Lipinski definition) is 0. The molecule has 1 saturated heterocycles. The Hall–Kier alpha value is -2.09. The molecule has 2 nitrogen and oxygen atoms in total. The lowest BCUT2D eigenvalue weighted by Crippen LogP contribution is -2.37. The van der Waals surface area contributed by atoms with E-state index in [-0.39, 0.29) is 0 Å². The zero-order valence-corrected chi connectivity index (χ0v) is 10.8. The van der Waals surface area contributed by atoms with Crippen LogP contribution in [0.1, 0.15) is 12.8 Å². The Labute approximate surface area is 112 Å². The van der Waals surface area contributed by atoms with Crippen LogP contribution in [-0.4, -0.2) is 11.5 Å². The van der Waals surface area contributed by atoms with E-state index in [2.05, 4.69) is 52.4 Å². The second kappa shape index (κ2) is 4.23. The fraction of sp³-hybridized carbons (Fsp3) is 0.235. The molecule has 1 atom stereocenters. The highest BCUT2D eigenvalue weighted by molar-refractivity contribution is 5.73. The van der Waals surface area contributed by atoms with Crippen LogP contribution < -0.4 is 15.5 Å². The molecule has 1 aromatic carbocycles. The summed E-state index contributed by atoms with van der Waals surface area (Å²) < 4.78 is 0. The smallest absolute Gasteiger partial charge is 0.0680 e. The van der Waals surface area contributed by atoms with E-state index in [9.17, 15) is 0 Å². The number of hydrogen-bond acceptors (Lipinski definition) is 2. The lowest BCUT2D eigenvalue weighted by molar-refractivity contribution is 0.695. The fourth-order valence-electron chi connectivity index (χ4n) is 3.28. The van der Waals surface area contributed by atoms with E-state index < -0.39 is 0 Å². The molecule has 19 heavy (non-hydrogen) atoms. The maximum Gasteiger partial charge on any atom is 0.0680 e. The molecule has 0 spiro atoms. The number of para-hydroxylation sites is 1. The fourth-order valence-corrected chi connectivity index (χ4v) is 3.28. The van der Waals surface area contributed by atoms with Crippen LogP contribution in [0.15, 0.2) is 48.7 Å². The predicted octanol–water partition coefficient (Wildman–Crippen LogP) is 1.90. The second-order valence-corrected chi connectivity index (χ2v) is 5.23. The third kappa shape index (κ3) is 1.67. The quantitative estimate of drug-likeness (QED) is 0.766. The number of pyridine rings is 1. The van der Waals surface area contributed by atoms with Crippen molar-refractivity contribution in [3.63, 3.8) is 0 Å². The van der Waals surface area contributed by atoms with Crippen LogP contribution in [0.3, 0.4) is 0 Å². The average Bonchev–Trinajstić information content (AvgIpc) is 2.92. The van der Waals surface area contributed by atoms with Crippen molar-refractivity contribution in [2.24, 2.45) is 5.92 Å². The van der Waals surface area contributed by atoms with Gasteiger partial charge in [0.15, 0.2) is 0 Å². The summed E-state index contributed by atoms with van der Waals surface area (Å²) in [6.07, 6.45) is 6.55. The number of fused-ring (bicyclic) bond motifs is 2. The number of benzene rings is 1. The van der Waals surface area contributed by atoms with E-state index in [1.165, 1.54) is 23.0 Å². The Bertz CT molecular complexity index is 718. The highest BCUT2D eigenvalue weighted by Gasteiger charge is 2.30. The SMILES string of the molecule is C1=c2ncccc2=C2C(C1)CCN2c1ccccc1. The Morgan fingerprint density at radius 1 is 1.05 bits per heavy atom. The molecule has 0 bridgehead atoms. The first-order chi connectivity index (χ1) is 9.43. The van der Waals surface area contributed by atoms with E-state index in [1.807, 2.05) is 12.3 Å². The van der Waals surface area contributed by atoms with Crippen LogP contribution in [0.4, 0.5) is 5.69 Å². The van der Waals surface area contributed by atoms with Gasteiger partial charge in [0, 0.05) is 35.3 Å². The van der Waals surface area contributed by atoms with Crippen molar-refractivity contribution in [2.75, 3.05) is 11.4 Å². The van der Waals surface area contributed by atoms with Crippen molar-refractivity contribution in [1.29, 1.82) is 0 Å². The van der Waals surface area contributed by atoms with Crippen LogP contribution in [-0.2, 0) is 0 Å². The molecule has 2 heteroatoms. The maximum atomic E-state index is 4.50. The Morgan fingerprint density at radius 2 is 1.95 bits per heavy atom. The summed E-state index contributed by atoms with van der Waals surface area (Å²) in [5.74, 6) is 0.664. The topological polar surface area (TPSA) is 16.1 Å². The van der Waals surface area contributed by atoms with Crippen molar-refractivity contribution in [1.82, 2.24) is 4.98 Å². The molecule has 0 radical (unpaired) electrons. The lowest BCUT2D eigenvalue weighted by atomic mass is 9.95. The molecular weight excluding hydrogens is 232 g/mol. The van der Waals surface area contributed by atoms with Gasteiger partial charge in [-0.05, 0) is 37.1 Å². The van der Waals surface area contributed by atoms with Gasteiger partial charge in [0.05, 0.1) is 5.35 Å². The van der Waals surface area contributed by atoms with Crippen LogP contribution in [0.25, 0.3) is 11.8 Å². The second-order valence-electron chi connectivity index (χ2n) is 5.23. The molecule has 1 aliphatic carbocycles. The largest absolute Gasteiger partial charge is 0.344 e. The summed E-state index contributed by atoms with van der Waals surface area (Å²) in [5.41, 5.74) is 2.77. The third-order valence-electron chi connectivity index (χ3n) is 4.16. The van der Waals surface area contributed by atoms with Gasteiger partial charge in [-0.3, -0.25) is 4.98 Å². The third-order valence-corrected chi connectivity index (χ3v) is 4.16. The zero-order chi connectivity index (χ0) is 12.7. The van der Waals surface area contributed by atoms with Gasteiger partial charge in [0.1, 0.15) is 0 Å². The summed E-state index contributed by atoms with van der Waals surface area (Å²) in [6.45, 7) is 1.12. The molecule has 94 valence electrons. The summed E-state index contributed by atoms with van der Waals surface area (Å²) in [7, 11) is 0. The molecule has 1 fully saturated rings. The number of nitrogens with zero attached hydrogens (tertiary/aromatic N) is 2. The zero-order valence-electron chi connectivity index (χ0n) is 10.8. The molecular formula is C17H16N2. The van der Waals surface area contributed by atoms with E-state index in [0.717, 1.165) is 18.3 Å². The van der Waals surface area contributed by atoms with Crippen LogP contribution in [0, 0.1) is 5.92 Å². The molecule has 1 aliphatic heterocycles. The predicted molar refractivity (Wildman–Crippen MR) is 77.9 cm³/mol. The maximum absolute atomic E-state index is 4.50. The number of rotatable bonds is 1. The van der Waals surface area contributed by atoms with Crippen LogP contribution in [0.2, 0.25) is 0 Å². The monoisotopic (exact) mass is 248 g/mol. The van der Waals surface area contributed by atoms with Gasteiger partial charge in [0.2, 0.25) is 0 Å². The summed E-state index contributed by atoms with van der Waals surface area (Å²) in [5, 5.41) is 2.47. The average molecular weight is 248 g/mol. The highest BCUT2D eigenvalue weighted by Crippen LogP contribution is 2.35. The minimum atomic E-state index is 0.664. The summed E-state index contributed by atoms with van der Waals surface area (Å²) in [6, 6.07) is 15.0. The minimum Gasteiger partial charge on any atom is -0.344 e.